The summed E-state index contributed by atoms with van der Waals surface area (Å²) in [7, 11) is 0. The van der Waals surface area contributed by atoms with Crippen LogP contribution in [0.1, 0.15) is 27.2 Å². The minimum Gasteiger partial charge on any atom is -0.0991 e. The molecular weight excluding hydrogens is 180 g/mol. The molecule has 0 nitrogen and oxygen atoms in total. The van der Waals surface area contributed by atoms with Gasteiger partial charge in [0, 0.05) is 0 Å². The molecule has 0 fully saturated rings. The van der Waals surface area contributed by atoms with Gasteiger partial charge in [0.05, 0.1) is 0 Å². The molecule has 0 rings (SSSR count). The Morgan fingerprint density at radius 2 is 1.27 bits per heavy atom. The second kappa shape index (κ2) is 8.05. The lowest BCUT2D eigenvalue weighted by molar-refractivity contribution is 0.420. The normalized spacial score (nSPS) is 13.8. The smallest absolute Gasteiger partial charge is 0.0299 e. The first-order valence-corrected chi connectivity index (χ1v) is 5.34. The Balaban J connectivity index is 3.76. The Bertz CT molecular complexity index is 267. The van der Waals surface area contributed by atoms with E-state index in [1.807, 2.05) is 36.5 Å². The van der Waals surface area contributed by atoms with Gasteiger partial charge in [-0.3, -0.25) is 0 Å². The highest BCUT2D eigenvalue weighted by Crippen LogP contribution is 2.18. The zero-order valence-corrected chi connectivity index (χ0v) is 10.1. The zero-order valence-electron chi connectivity index (χ0n) is 10.1. The molecule has 0 aliphatic rings. The van der Waals surface area contributed by atoms with Gasteiger partial charge >= 0.3 is 0 Å². The van der Waals surface area contributed by atoms with Gasteiger partial charge in [0.2, 0.25) is 0 Å². The third-order valence-corrected chi connectivity index (χ3v) is 1.67. The zero-order chi connectivity index (χ0) is 11.6. The van der Waals surface area contributed by atoms with Crippen molar-refractivity contribution in [2.75, 3.05) is 0 Å². The van der Waals surface area contributed by atoms with Crippen molar-refractivity contribution in [2.45, 2.75) is 27.2 Å². The second-order valence-electron chi connectivity index (χ2n) is 4.58. The molecule has 0 atom stereocenters. The average molecular weight is 202 g/mol. The van der Waals surface area contributed by atoms with E-state index in [9.17, 15) is 0 Å². The van der Waals surface area contributed by atoms with Crippen molar-refractivity contribution >= 4 is 0 Å². The van der Waals surface area contributed by atoms with Crippen molar-refractivity contribution in [3.05, 3.63) is 61.3 Å². The van der Waals surface area contributed by atoms with E-state index in [1.54, 1.807) is 6.08 Å². The van der Waals surface area contributed by atoms with Gasteiger partial charge in [-0.15, -0.1) is 0 Å². The Morgan fingerprint density at radius 1 is 0.800 bits per heavy atom. The summed E-state index contributed by atoms with van der Waals surface area (Å²) in [6.45, 7) is 10.3. The minimum absolute atomic E-state index is 0.382. The number of hydrogen-bond donors (Lipinski definition) is 0. The number of hydrogen-bond acceptors (Lipinski definition) is 0. The number of allylic oxidation sites excluding steroid dienone is 9. The van der Waals surface area contributed by atoms with Gasteiger partial charge in [0.1, 0.15) is 0 Å². The highest BCUT2D eigenvalue weighted by atomic mass is 14.1. The van der Waals surface area contributed by atoms with E-state index in [0.29, 0.717) is 5.41 Å². The third kappa shape index (κ3) is 12.7. The Labute approximate surface area is 94.4 Å². The average Bonchev–Trinajstić information content (AvgIpc) is 2.14. The van der Waals surface area contributed by atoms with Crippen molar-refractivity contribution in [3.8, 4) is 0 Å². The van der Waals surface area contributed by atoms with Gasteiger partial charge in [-0.05, 0) is 11.8 Å². The molecule has 0 aliphatic heterocycles. The van der Waals surface area contributed by atoms with Crippen LogP contribution in [0.2, 0.25) is 0 Å². The van der Waals surface area contributed by atoms with E-state index in [0.717, 1.165) is 6.42 Å². The van der Waals surface area contributed by atoms with Gasteiger partial charge in [0.15, 0.2) is 0 Å². The molecule has 0 aromatic heterocycles. The van der Waals surface area contributed by atoms with Crippen LogP contribution >= 0.6 is 0 Å². The quantitative estimate of drug-likeness (QED) is 0.560. The molecule has 0 saturated carbocycles. The molecule has 0 bridgehead atoms. The maximum atomic E-state index is 3.59. The van der Waals surface area contributed by atoms with Gasteiger partial charge in [0.25, 0.3) is 0 Å². The summed E-state index contributed by atoms with van der Waals surface area (Å²) in [5.41, 5.74) is 0.382. The lowest BCUT2D eigenvalue weighted by Crippen LogP contribution is -2.01. The van der Waals surface area contributed by atoms with Crippen LogP contribution in [0, 0.1) is 5.41 Å². The summed E-state index contributed by atoms with van der Waals surface area (Å²) < 4.78 is 0. The predicted octanol–water partition coefficient (Wildman–Crippen LogP) is 4.83. The summed E-state index contributed by atoms with van der Waals surface area (Å²) >= 11 is 0. The van der Waals surface area contributed by atoms with Crippen molar-refractivity contribution in [1.82, 2.24) is 0 Å². The van der Waals surface area contributed by atoms with E-state index in [2.05, 4.69) is 39.5 Å². The van der Waals surface area contributed by atoms with Crippen LogP contribution in [0.4, 0.5) is 0 Å². The van der Waals surface area contributed by atoms with Gasteiger partial charge in [-0.1, -0.05) is 82.0 Å². The summed E-state index contributed by atoms with van der Waals surface area (Å²) in [6, 6.07) is 0. The molecule has 82 valence electrons. The lowest BCUT2D eigenvalue weighted by Gasteiger charge is -2.13. The molecule has 15 heavy (non-hydrogen) atoms. The molecule has 0 aromatic carbocycles. The van der Waals surface area contributed by atoms with E-state index >= 15 is 0 Å². The van der Waals surface area contributed by atoms with Crippen LogP contribution in [-0.4, -0.2) is 0 Å². The first-order valence-electron chi connectivity index (χ1n) is 5.34. The third-order valence-electron chi connectivity index (χ3n) is 1.67. The van der Waals surface area contributed by atoms with Crippen LogP contribution in [0.5, 0.6) is 0 Å². The first-order chi connectivity index (χ1) is 7.06. The monoisotopic (exact) mass is 202 g/mol. The van der Waals surface area contributed by atoms with E-state index in [1.165, 1.54) is 0 Å². The fraction of sp³-hybridized carbons (Fsp3) is 0.333. The molecule has 0 saturated heterocycles. The second-order valence-corrected chi connectivity index (χ2v) is 4.58. The Hall–Kier alpha value is -1.30. The summed E-state index contributed by atoms with van der Waals surface area (Å²) in [5, 5.41) is 0. The fourth-order valence-electron chi connectivity index (χ4n) is 0.899. The predicted molar refractivity (Wildman–Crippen MR) is 70.8 cm³/mol. The molecule has 0 amide bonds. The molecule has 0 radical (unpaired) electrons. The molecule has 0 aromatic rings. The van der Waals surface area contributed by atoms with Crippen molar-refractivity contribution in [1.29, 1.82) is 0 Å². The number of rotatable bonds is 5. The van der Waals surface area contributed by atoms with Crippen molar-refractivity contribution in [3.63, 3.8) is 0 Å². The summed E-state index contributed by atoms with van der Waals surface area (Å²) in [4.78, 5) is 0. The maximum absolute atomic E-state index is 3.59. The largest absolute Gasteiger partial charge is 0.0991 e. The van der Waals surface area contributed by atoms with Crippen molar-refractivity contribution < 1.29 is 0 Å². The molecule has 0 heteroatoms. The highest BCUT2D eigenvalue weighted by Gasteiger charge is 2.05. The first kappa shape index (κ1) is 13.7. The van der Waals surface area contributed by atoms with Crippen LogP contribution in [0.15, 0.2) is 61.3 Å². The van der Waals surface area contributed by atoms with E-state index in [4.69, 9.17) is 0 Å². The molecule has 0 heterocycles. The van der Waals surface area contributed by atoms with Gasteiger partial charge in [-0.25, -0.2) is 0 Å². The summed E-state index contributed by atoms with van der Waals surface area (Å²) in [5.74, 6) is 0. The molecule has 0 aliphatic carbocycles. The lowest BCUT2D eigenvalue weighted by atomic mass is 9.92. The molecule has 0 spiro atoms. The molecular formula is C15H22. The standard InChI is InChI=1S/C15H22/c1-5-6-7-8-9-10-11-12-13-14-15(2,3)4/h5-13H,1,14H2,2-4H3. The Morgan fingerprint density at radius 3 is 1.73 bits per heavy atom. The highest BCUT2D eigenvalue weighted by molar-refractivity contribution is 5.17. The van der Waals surface area contributed by atoms with E-state index < -0.39 is 0 Å². The van der Waals surface area contributed by atoms with Crippen LogP contribution in [-0.2, 0) is 0 Å². The minimum atomic E-state index is 0.382. The van der Waals surface area contributed by atoms with Crippen LogP contribution < -0.4 is 0 Å². The molecule has 0 unspecified atom stereocenters. The van der Waals surface area contributed by atoms with Crippen molar-refractivity contribution in [2.24, 2.45) is 5.41 Å². The topological polar surface area (TPSA) is 0 Å². The SMILES string of the molecule is C=CC=CC=CC=CC=CCC(C)(C)C. The maximum Gasteiger partial charge on any atom is -0.0299 e. The Kier molecular flexibility index (Phi) is 7.35. The fourth-order valence-corrected chi connectivity index (χ4v) is 0.899. The van der Waals surface area contributed by atoms with E-state index in [-0.39, 0.29) is 0 Å². The van der Waals surface area contributed by atoms with Gasteiger partial charge in [-0.2, -0.15) is 0 Å². The van der Waals surface area contributed by atoms with Crippen LogP contribution in [0.3, 0.4) is 0 Å². The van der Waals surface area contributed by atoms with Gasteiger partial charge < -0.3 is 0 Å². The van der Waals surface area contributed by atoms with Crippen LogP contribution in [0.25, 0.3) is 0 Å². The summed E-state index contributed by atoms with van der Waals surface area (Å²) in [6.07, 6.45) is 19.1. The molecule has 0 N–H and O–H groups in total.